The van der Waals surface area contributed by atoms with Crippen molar-refractivity contribution in [3.8, 4) is 5.75 Å². The van der Waals surface area contributed by atoms with E-state index in [4.69, 9.17) is 4.74 Å². The summed E-state index contributed by atoms with van der Waals surface area (Å²) in [5.74, 6) is -0.937. The summed E-state index contributed by atoms with van der Waals surface area (Å²) in [6, 6.07) is 19.5. The highest BCUT2D eigenvalue weighted by Crippen LogP contribution is 2.43. The number of amides is 1. The molecule has 0 spiro atoms. The fourth-order valence-corrected chi connectivity index (χ4v) is 4.25. The van der Waals surface area contributed by atoms with Crippen molar-refractivity contribution in [1.29, 1.82) is 0 Å². The smallest absolute Gasteiger partial charge is 0.300 e. The Morgan fingerprint density at radius 1 is 0.941 bits per heavy atom. The van der Waals surface area contributed by atoms with Crippen molar-refractivity contribution in [1.82, 2.24) is 0 Å². The van der Waals surface area contributed by atoms with E-state index in [2.05, 4.69) is 0 Å². The fraction of sp³-hybridized carbons (Fsp3) is 0.214. The van der Waals surface area contributed by atoms with Crippen molar-refractivity contribution in [2.45, 2.75) is 19.9 Å². The summed E-state index contributed by atoms with van der Waals surface area (Å²) in [4.78, 5) is 30.0. The van der Waals surface area contributed by atoms with E-state index < -0.39 is 17.7 Å². The number of ketones is 1. The quantitative estimate of drug-likeness (QED) is 0.332. The number of aliphatic hydroxyl groups excluding tert-OH is 1. The summed E-state index contributed by atoms with van der Waals surface area (Å²) < 4.78 is 5.27. The van der Waals surface area contributed by atoms with E-state index in [9.17, 15) is 14.7 Å². The van der Waals surface area contributed by atoms with Gasteiger partial charge in [0.1, 0.15) is 11.5 Å². The van der Waals surface area contributed by atoms with E-state index in [0.717, 1.165) is 22.4 Å². The van der Waals surface area contributed by atoms with Crippen LogP contribution in [-0.2, 0) is 9.59 Å². The molecule has 6 heteroatoms. The summed E-state index contributed by atoms with van der Waals surface area (Å²) in [5, 5.41) is 11.4. The largest absolute Gasteiger partial charge is 0.507 e. The van der Waals surface area contributed by atoms with Crippen molar-refractivity contribution >= 4 is 28.8 Å². The van der Waals surface area contributed by atoms with Crippen molar-refractivity contribution in [3.63, 3.8) is 0 Å². The Balaban J connectivity index is 1.93. The zero-order valence-electron chi connectivity index (χ0n) is 20.0. The van der Waals surface area contributed by atoms with Crippen LogP contribution in [0.25, 0.3) is 5.76 Å². The van der Waals surface area contributed by atoms with Crippen LogP contribution < -0.4 is 14.5 Å². The molecule has 1 saturated heterocycles. The summed E-state index contributed by atoms with van der Waals surface area (Å²) in [6.07, 6.45) is 0. The lowest BCUT2D eigenvalue weighted by molar-refractivity contribution is -0.132. The maximum atomic E-state index is 13.3. The SMILES string of the molecule is COc1ccc(/C(O)=C2/C(=O)C(=O)N(c3ccc(C)cc3)C2c2ccc(N(C)C)cc2)c(C)c1. The topological polar surface area (TPSA) is 70.1 Å². The van der Waals surface area contributed by atoms with Crippen LogP contribution in [0.3, 0.4) is 0 Å². The Labute approximate surface area is 199 Å². The monoisotopic (exact) mass is 456 g/mol. The van der Waals surface area contributed by atoms with Crippen molar-refractivity contribution < 1.29 is 19.4 Å². The normalized spacial score (nSPS) is 17.2. The Morgan fingerprint density at radius 3 is 2.15 bits per heavy atom. The Hall–Kier alpha value is -4.06. The minimum atomic E-state index is -0.763. The molecule has 1 aliphatic heterocycles. The third kappa shape index (κ3) is 4.03. The Morgan fingerprint density at radius 2 is 1.59 bits per heavy atom. The number of carbonyl (C=O) groups is 2. The van der Waals surface area contributed by atoms with Crippen LogP contribution in [0.2, 0.25) is 0 Å². The first-order valence-corrected chi connectivity index (χ1v) is 11.0. The van der Waals surface area contributed by atoms with Gasteiger partial charge < -0.3 is 14.7 Å². The number of anilines is 2. The number of nitrogens with zero attached hydrogens (tertiary/aromatic N) is 2. The molecule has 0 radical (unpaired) electrons. The second-order valence-electron chi connectivity index (χ2n) is 8.67. The molecule has 34 heavy (non-hydrogen) atoms. The summed E-state index contributed by atoms with van der Waals surface area (Å²) in [7, 11) is 5.46. The molecule has 0 bridgehead atoms. The second kappa shape index (κ2) is 9.06. The minimum Gasteiger partial charge on any atom is -0.507 e. The third-order valence-electron chi connectivity index (χ3n) is 6.17. The second-order valence-corrected chi connectivity index (χ2v) is 8.67. The Kier molecular flexibility index (Phi) is 6.16. The van der Waals surface area contributed by atoms with Gasteiger partial charge >= 0.3 is 0 Å². The zero-order chi connectivity index (χ0) is 24.6. The predicted molar refractivity (Wildman–Crippen MR) is 134 cm³/mol. The van der Waals surface area contributed by atoms with Crippen LogP contribution in [0.1, 0.15) is 28.3 Å². The molecule has 1 heterocycles. The maximum Gasteiger partial charge on any atom is 0.300 e. The van der Waals surface area contributed by atoms with Gasteiger partial charge in [0.25, 0.3) is 11.7 Å². The first-order valence-electron chi connectivity index (χ1n) is 11.0. The summed E-state index contributed by atoms with van der Waals surface area (Å²) >= 11 is 0. The van der Waals surface area contributed by atoms with Gasteiger partial charge in [0.2, 0.25) is 0 Å². The lowest BCUT2D eigenvalue weighted by atomic mass is 9.93. The number of aryl methyl sites for hydroxylation is 2. The molecular formula is C28H28N2O4. The van der Waals surface area contributed by atoms with Gasteiger partial charge in [0, 0.05) is 31.0 Å². The van der Waals surface area contributed by atoms with Gasteiger partial charge in [-0.05, 0) is 67.4 Å². The first kappa shape index (κ1) is 23.1. The number of methoxy groups -OCH3 is 1. The molecule has 1 unspecified atom stereocenters. The lowest BCUT2D eigenvalue weighted by Crippen LogP contribution is -2.29. The average molecular weight is 457 g/mol. The molecule has 3 aromatic carbocycles. The zero-order valence-corrected chi connectivity index (χ0v) is 20.0. The summed E-state index contributed by atoms with van der Waals surface area (Å²) in [5.41, 5.74) is 4.65. The van der Waals surface area contributed by atoms with Crippen LogP contribution in [0.4, 0.5) is 11.4 Å². The molecule has 0 saturated carbocycles. The van der Waals surface area contributed by atoms with E-state index in [1.54, 1.807) is 25.3 Å². The molecule has 6 nitrogen and oxygen atoms in total. The average Bonchev–Trinajstić information content (AvgIpc) is 3.09. The van der Waals surface area contributed by atoms with Gasteiger partial charge in [0.05, 0.1) is 18.7 Å². The number of carbonyl (C=O) groups excluding carboxylic acids is 2. The molecule has 1 N–H and O–H groups in total. The van der Waals surface area contributed by atoms with Gasteiger partial charge in [-0.1, -0.05) is 29.8 Å². The van der Waals surface area contributed by atoms with Gasteiger partial charge in [-0.3, -0.25) is 14.5 Å². The Bertz CT molecular complexity index is 1270. The highest BCUT2D eigenvalue weighted by molar-refractivity contribution is 6.51. The van der Waals surface area contributed by atoms with E-state index >= 15 is 0 Å². The number of rotatable bonds is 5. The number of hydrogen-bond donors (Lipinski definition) is 1. The van der Waals surface area contributed by atoms with E-state index in [1.165, 1.54) is 4.90 Å². The molecule has 1 fully saturated rings. The van der Waals surface area contributed by atoms with Crippen LogP contribution in [-0.4, -0.2) is 38.0 Å². The van der Waals surface area contributed by atoms with Crippen LogP contribution in [0, 0.1) is 13.8 Å². The van der Waals surface area contributed by atoms with Gasteiger partial charge in [-0.25, -0.2) is 0 Å². The minimum absolute atomic E-state index is 0.0662. The molecule has 4 rings (SSSR count). The molecule has 3 aromatic rings. The highest BCUT2D eigenvalue weighted by atomic mass is 16.5. The van der Waals surface area contributed by atoms with Crippen LogP contribution in [0.5, 0.6) is 5.75 Å². The number of benzene rings is 3. The van der Waals surface area contributed by atoms with Crippen molar-refractivity contribution in [3.05, 3.63) is 94.6 Å². The number of hydrogen-bond acceptors (Lipinski definition) is 5. The third-order valence-corrected chi connectivity index (χ3v) is 6.17. The number of Topliss-reactive ketones (excluding diaryl/α,β-unsaturated/α-hetero) is 1. The molecule has 1 aliphatic rings. The van der Waals surface area contributed by atoms with Gasteiger partial charge in [0.15, 0.2) is 0 Å². The standard InChI is InChI=1S/C28H28N2O4/c1-17-6-10-21(11-7-17)30-25(19-8-12-20(13-9-19)29(3)4)24(27(32)28(30)33)26(31)23-15-14-22(34-5)16-18(23)2/h6-16,25,31H,1-5H3/b26-24-. The van der Waals surface area contributed by atoms with Gasteiger partial charge in [-0.15, -0.1) is 0 Å². The molecular weight excluding hydrogens is 428 g/mol. The fourth-order valence-electron chi connectivity index (χ4n) is 4.25. The van der Waals surface area contributed by atoms with Gasteiger partial charge in [-0.2, -0.15) is 0 Å². The van der Waals surface area contributed by atoms with E-state index in [-0.39, 0.29) is 11.3 Å². The number of ether oxygens (including phenoxy) is 1. The van der Waals surface area contributed by atoms with Crippen molar-refractivity contribution in [2.75, 3.05) is 31.0 Å². The number of aliphatic hydroxyl groups is 1. The highest BCUT2D eigenvalue weighted by Gasteiger charge is 2.47. The molecule has 1 atom stereocenters. The lowest BCUT2D eigenvalue weighted by Gasteiger charge is -2.26. The molecule has 1 amide bonds. The van der Waals surface area contributed by atoms with E-state index in [0.29, 0.717) is 17.0 Å². The van der Waals surface area contributed by atoms with Crippen LogP contribution >= 0.6 is 0 Å². The summed E-state index contributed by atoms with van der Waals surface area (Å²) in [6.45, 7) is 3.79. The first-order chi connectivity index (χ1) is 16.2. The van der Waals surface area contributed by atoms with Crippen LogP contribution in [0.15, 0.2) is 72.3 Å². The molecule has 0 aromatic heterocycles. The van der Waals surface area contributed by atoms with E-state index in [1.807, 2.05) is 81.4 Å². The molecule has 174 valence electrons. The van der Waals surface area contributed by atoms with Crippen molar-refractivity contribution in [2.24, 2.45) is 0 Å². The molecule has 0 aliphatic carbocycles. The predicted octanol–water partition coefficient (Wildman–Crippen LogP) is 5.00. The maximum absolute atomic E-state index is 13.3.